The van der Waals surface area contributed by atoms with E-state index in [4.69, 9.17) is 4.74 Å². The third kappa shape index (κ3) is 3.45. The van der Waals surface area contributed by atoms with Crippen molar-refractivity contribution in [2.75, 3.05) is 17.7 Å². The number of anilines is 2. The maximum absolute atomic E-state index is 12.2. The number of nitrogens with one attached hydrogen (secondary N) is 2. The fraction of sp³-hybridized carbons (Fsp3) is 0.250. The summed E-state index contributed by atoms with van der Waals surface area (Å²) in [7, 11) is 1.52. The molecule has 0 saturated carbocycles. The molecule has 1 aromatic heterocycles. The normalized spacial score (nSPS) is 16.2. The summed E-state index contributed by atoms with van der Waals surface area (Å²) >= 11 is 0. The van der Waals surface area contributed by atoms with Crippen molar-refractivity contribution in [1.29, 1.82) is 0 Å². The van der Waals surface area contributed by atoms with E-state index in [0.29, 0.717) is 5.75 Å². The molecule has 23 heavy (non-hydrogen) atoms. The number of hydrogen-bond acceptors (Lipinski definition) is 5. The second-order valence-corrected chi connectivity index (χ2v) is 5.24. The number of para-hydroxylation sites is 1. The average Bonchev–Trinajstić information content (AvgIpc) is 2.55. The molecule has 118 valence electrons. The van der Waals surface area contributed by atoms with Crippen molar-refractivity contribution < 1.29 is 14.3 Å². The van der Waals surface area contributed by atoms with Gasteiger partial charge in [0.15, 0.2) is 5.75 Å². The number of aromatic nitrogens is 2. The minimum Gasteiger partial charge on any atom is -0.494 e. The summed E-state index contributed by atoms with van der Waals surface area (Å²) in [4.78, 5) is 32.0. The molecule has 1 atom stereocenters. The van der Waals surface area contributed by atoms with Gasteiger partial charge in [-0.05, 0) is 11.6 Å². The van der Waals surface area contributed by atoms with Gasteiger partial charge in [0.1, 0.15) is 0 Å². The zero-order valence-corrected chi connectivity index (χ0v) is 12.6. The molecule has 2 heterocycles. The molecule has 2 aromatic rings. The van der Waals surface area contributed by atoms with Crippen LogP contribution in [-0.2, 0) is 9.59 Å². The first-order valence-electron chi connectivity index (χ1n) is 7.20. The van der Waals surface area contributed by atoms with Crippen molar-refractivity contribution >= 4 is 23.5 Å². The van der Waals surface area contributed by atoms with E-state index in [9.17, 15) is 9.59 Å². The zero-order valence-electron chi connectivity index (χ0n) is 12.6. The predicted molar refractivity (Wildman–Crippen MR) is 84.3 cm³/mol. The molecule has 7 heteroatoms. The van der Waals surface area contributed by atoms with Gasteiger partial charge in [0.05, 0.1) is 19.5 Å². The van der Waals surface area contributed by atoms with Gasteiger partial charge in [-0.25, -0.2) is 9.97 Å². The van der Waals surface area contributed by atoms with E-state index in [-0.39, 0.29) is 36.5 Å². The number of carbonyl (C=O) groups is 2. The van der Waals surface area contributed by atoms with Crippen LogP contribution in [0.2, 0.25) is 0 Å². The number of hydrogen-bond donors (Lipinski definition) is 2. The molecule has 7 nitrogen and oxygen atoms in total. The Morgan fingerprint density at radius 1 is 1.35 bits per heavy atom. The number of benzene rings is 1. The number of methoxy groups -OCH3 is 1. The first kappa shape index (κ1) is 15.0. The largest absolute Gasteiger partial charge is 0.494 e. The van der Waals surface area contributed by atoms with E-state index in [1.54, 1.807) is 0 Å². The molecule has 0 spiro atoms. The van der Waals surface area contributed by atoms with Gasteiger partial charge in [0, 0.05) is 24.4 Å². The van der Waals surface area contributed by atoms with Crippen LogP contribution < -0.4 is 15.4 Å². The summed E-state index contributed by atoms with van der Waals surface area (Å²) in [5.41, 5.74) is 1.74. The van der Waals surface area contributed by atoms with Gasteiger partial charge in [-0.3, -0.25) is 14.9 Å². The van der Waals surface area contributed by atoms with Gasteiger partial charge in [0.25, 0.3) is 0 Å². The van der Waals surface area contributed by atoms with E-state index in [1.807, 2.05) is 24.3 Å². The van der Waals surface area contributed by atoms with Crippen LogP contribution in [0.5, 0.6) is 5.75 Å². The Bertz CT molecular complexity index is 730. The Kier molecular flexibility index (Phi) is 4.18. The molecular weight excluding hydrogens is 296 g/mol. The predicted octanol–water partition coefficient (Wildman–Crippen LogP) is 1.94. The lowest BCUT2D eigenvalue weighted by Gasteiger charge is -2.24. The topological polar surface area (TPSA) is 93.2 Å². The van der Waals surface area contributed by atoms with Crippen molar-refractivity contribution in [1.82, 2.24) is 9.97 Å². The van der Waals surface area contributed by atoms with Gasteiger partial charge < -0.3 is 10.1 Å². The molecule has 0 saturated heterocycles. The van der Waals surface area contributed by atoms with Crippen LogP contribution in [0.4, 0.5) is 11.6 Å². The van der Waals surface area contributed by atoms with E-state index in [2.05, 4.69) is 20.6 Å². The molecule has 0 bridgehead atoms. The quantitative estimate of drug-likeness (QED) is 0.900. The Hall–Kier alpha value is -2.96. The maximum atomic E-state index is 12.2. The van der Waals surface area contributed by atoms with Gasteiger partial charge in [-0.15, -0.1) is 0 Å². The van der Waals surface area contributed by atoms with Crippen LogP contribution in [0.3, 0.4) is 0 Å². The highest BCUT2D eigenvalue weighted by Crippen LogP contribution is 2.34. The molecule has 3 rings (SSSR count). The number of carbonyl (C=O) groups excluding carboxylic acids is 2. The second-order valence-electron chi connectivity index (χ2n) is 5.24. The fourth-order valence-electron chi connectivity index (χ4n) is 2.57. The fourth-order valence-corrected chi connectivity index (χ4v) is 2.57. The number of ether oxygens (including phenoxy) is 1. The zero-order chi connectivity index (χ0) is 16.2. The van der Waals surface area contributed by atoms with E-state index in [1.165, 1.54) is 19.5 Å². The highest BCUT2D eigenvalue weighted by molar-refractivity contribution is 5.96. The van der Waals surface area contributed by atoms with Crippen molar-refractivity contribution in [3.8, 4) is 5.75 Å². The van der Waals surface area contributed by atoms with Crippen molar-refractivity contribution in [2.24, 2.45) is 0 Å². The average molecular weight is 312 g/mol. The monoisotopic (exact) mass is 312 g/mol. The molecule has 1 aromatic carbocycles. The Morgan fingerprint density at radius 2 is 2.09 bits per heavy atom. The first-order valence-corrected chi connectivity index (χ1v) is 7.20. The summed E-state index contributed by atoms with van der Waals surface area (Å²) in [6.07, 6.45) is 3.44. The highest BCUT2D eigenvalue weighted by Gasteiger charge is 2.26. The minimum atomic E-state index is -0.232. The number of rotatable bonds is 4. The summed E-state index contributed by atoms with van der Waals surface area (Å²) in [5.74, 6) is 0.260. The van der Waals surface area contributed by atoms with Crippen molar-refractivity contribution in [3.63, 3.8) is 0 Å². The summed E-state index contributed by atoms with van der Waals surface area (Å²) in [6, 6.07) is 7.51. The van der Waals surface area contributed by atoms with Crippen LogP contribution in [0, 0.1) is 0 Å². The smallest absolute Gasteiger partial charge is 0.229 e. The lowest BCUT2D eigenvalue weighted by Crippen LogP contribution is -2.26. The van der Waals surface area contributed by atoms with Gasteiger partial charge in [-0.2, -0.15) is 0 Å². The summed E-state index contributed by atoms with van der Waals surface area (Å²) < 4.78 is 4.96. The van der Waals surface area contributed by atoms with E-state index >= 15 is 0 Å². The standard InChI is InChI=1S/C16H16N4O3/c1-23-11-8-17-16(18-9-11)20-15(22)7-10-6-14(21)19-13-5-3-2-4-12(10)13/h2-5,8-10H,6-7H2,1H3,(H,19,21)(H,17,18,20,22). The third-order valence-corrected chi connectivity index (χ3v) is 3.65. The van der Waals surface area contributed by atoms with Crippen LogP contribution in [0.15, 0.2) is 36.7 Å². The number of fused-ring (bicyclic) bond motifs is 1. The summed E-state index contributed by atoms with van der Waals surface area (Å²) in [5, 5.41) is 5.45. The van der Waals surface area contributed by atoms with Gasteiger partial charge in [-0.1, -0.05) is 18.2 Å². The SMILES string of the molecule is COc1cnc(NC(=O)CC2CC(=O)Nc3ccccc32)nc1. The summed E-state index contributed by atoms with van der Waals surface area (Å²) in [6.45, 7) is 0. The van der Waals surface area contributed by atoms with Crippen LogP contribution in [0.25, 0.3) is 0 Å². The lowest BCUT2D eigenvalue weighted by atomic mass is 9.88. The van der Waals surface area contributed by atoms with Crippen molar-refractivity contribution in [3.05, 3.63) is 42.2 Å². The van der Waals surface area contributed by atoms with Crippen LogP contribution in [0.1, 0.15) is 24.3 Å². The molecule has 0 radical (unpaired) electrons. The third-order valence-electron chi connectivity index (χ3n) is 3.65. The number of nitrogens with zero attached hydrogens (tertiary/aromatic N) is 2. The van der Waals surface area contributed by atoms with Gasteiger partial charge in [0.2, 0.25) is 17.8 Å². The molecular formula is C16H16N4O3. The van der Waals surface area contributed by atoms with Crippen molar-refractivity contribution in [2.45, 2.75) is 18.8 Å². The molecule has 1 aliphatic rings. The Morgan fingerprint density at radius 3 is 2.83 bits per heavy atom. The van der Waals surface area contributed by atoms with Crippen LogP contribution >= 0.6 is 0 Å². The molecule has 1 unspecified atom stereocenters. The second kappa shape index (κ2) is 6.43. The molecule has 2 N–H and O–H groups in total. The van der Waals surface area contributed by atoms with E-state index in [0.717, 1.165) is 11.3 Å². The maximum Gasteiger partial charge on any atom is 0.229 e. The Labute approximate surface area is 133 Å². The highest BCUT2D eigenvalue weighted by atomic mass is 16.5. The molecule has 0 fully saturated rings. The van der Waals surface area contributed by atoms with Gasteiger partial charge >= 0.3 is 0 Å². The molecule has 1 aliphatic heterocycles. The first-order chi connectivity index (χ1) is 11.2. The van der Waals surface area contributed by atoms with E-state index < -0.39 is 0 Å². The molecule has 2 amide bonds. The number of amides is 2. The lowest BCUT2D eigenvalue weighted by molar-refractivity contribution is -0.118. The Balaban J connectivity index is 1.69. The minimum absolute atomic E-state index is 0.0813. The van der Waals surface area contributed by atoms with Crippen LogP contribution in [-0.4, -0.2) is 28.9 Å². The molecule has 0 aliphatic carbocycles.